The Kier molecular flexibility index (Phi) is 4.98. The van der Waals surface area contributed by atoms with Gasteiger partial charge in [0, 0.05) is 50.1 Å². The number of fused-ring (bicyclic) bond motifs is 1. The van der Waals surface area contributed by atoms with E-state index in [-0.39, 0.29) is 29.1 Å². The molecule has 29 heavy (non-hydrogen) atoms. The van der Waals surface area contributed by atoms with Crippen LogP contribution in [0.2, 0.25) is 0 Å². The number of nitrogens with zero attached hydrogens (tertiary/aromatic N) is 4. The summed E-state index contributed by atoms with van der Waals surface area (Å²) in [5.74, 6) is 0.397. The molecule has 0 aliphatic carbocycles. The molecule has 4 rings (SSSR count). The summed E-state index contributed by atoms with van der Waals surface area (Å²) in [6.07, 6.45) is 1.88. The molecule has 1 aromatic heterocycles. The average molecular weight is 393 g/mol. The van der Waals surface area contributed by atoms with E-state index < -0.39 is 0 Å². The van der Waals surface area contributed by atoms with E-state index in [1.54, 1.807) is 19.9 Å². The highest BCUT2D eigenvalue weighted by atomic mass is 16.2. The zero-order chi connectivity index (χ0) is 20.6. The minimum atomic E-state index is -0.106. The number of nitrogen functional groups attached to an aromatic ring is 1. The molecule has 2 N–H and O–H groups in total. The predicted molar refractivity (Wildman–Crippen MR) is 110 cm³/mol. The van der Waals surface area contributed by atoms with Crippen molar-refractivity contribution in [1.82, 2.24) is 19.8 Å². The zero-order valence-corrected chi connectivity index (χ0v) is 17.0. The number of carbonyl (C=O) groups is 2. The van der Waals surface area contributed by atoms with E-state index in [9.17, 15) is 9.59 Å². The number of rotatable bonds is 4. The van der Waals surface area contributed by atoms with Crippen molar-refractivity contribution in [2.24, 2.45) is 11.3 Å². The number of nitrogens with two attached hydrogens (primary N) is 1. The van der Waals surface area contributed by atoms with Gasteiger partial charge in [0.15, 0.2) is 0 Å². The first-order valence-corrected chi connectivity index (χ1v) is 10.1. The second kappa shape index (κ2) is 7.46. The third-order valence-corrected chi connectivity index (χ3v) is 6.34. The maximum atomic E-state index is 13.1. The zero-order valence-electron chi connectivity index (χ0n) is 17.0. The quantitative estimate of drug-likeness (QED) is 0.857. The normalized spacial score (nSPS) is 23.3. The first-order chi connectivity index (χ1) is 13.9. The van der Waals surface area contributed by atoms with Gasteiger partial charge >= 0.3 is 0 Å². The van der Waals surface area contributed by atoms with Crippen molar-refractivity contribution in [2.45, 2.75) is 26.7 Å². The maximum Gasteiger partial charge on any atom is 0.272 e. The Morgan fingerprint density at radius 2 is 1.83 bits per heavy atom. The second-order valence-electron chi connectivity index (χ2n) is 8.38. The molecule has 7 heteroatoms. The molecule has 2 aliphatic rings. The molecule has 0 radical (unpaired) electrons. The molecule has 0 spiro atoms. The number of aryl methyl sites for hydroxylation is 2. The van der Waals surface area contributed by atoms with Crippen LogP contribution in [0.1, 0.15) is 35.1 Å². The highest BCUT2D eigenvalue weighted by Gasteiger charge is 2.53. The summed E-state index contributed by atoms with van der Waals surface area (Å²) in [6.45, 7) is 6.12. The van der Waals surface area contributed by atoms with Crippen molar-refractivity contribution in [3.8, 4) is 0 Å². The monoisotopic (exact) mass is 393 g/mol. The van der Waals surface area contributed by atoms with Crippen LogP contribution >= 0.6 is 0 Å². The van der Waals surface area contributed by atoms with E-state index in [0.29, 0.717) is 37.6 Å². The molecule has 3 heterocycles. The van der Waals surface area contributed by atoms with Crippen molar-refractivity contribution < 1.29 is 9.59 Å². The fraction of sp³-hybridized carbons (Fsp3) is 0.455. The van der Waals surface area contributed by atoms with Crippen LogP contribution in [0.4, 0.5) is 5.95 Å². The molecule has 2 aromatic rings. The molecule has 0 saturated carbocycles. The van der Waals surface area contributed by atoms with Gasteiger partial charge in [0.25, 0.3) is 5.91 Å². The smallest absolute Gasteiger partial charge is 0.272 e. The molecule has 2 aliphatic heterocycles. The summed E-state index contributed by atoms with van der Waals surface area (Å²) in [7, 11) is 0. The van der Waals surface area contributed by atoms with Gasteiger partial charge < -0.3 is 15.5 Å². The summed E-state index contributed by atoms with van der Waals surface area (Å²) in [4.78, 5) is 37.2. The third-order valence-electron chi connectivity index (χ3n) is 6.34. The van der Waals surface area contributed by atoms with E-state index >= 15 is 0 Å². The van der Waals surface area contributed by atoms with E-state index in [4.69, 9.17) is 5.73 Å². The summed E-state index contributed by atoms with van der Waals surface area (Å²) >= 11 is 0. The van der Waals surface area contributed by atoms with E-state index in [2.05, 4.69) is 22.1 Å². The van der Waals surface area contributed by atoms with Crippen molar-refractivity contribution in [1.29, 1.82) is 0 Å². The first-order valence-electron chi connectivity index (χ1n) is 10.1. The van der Waals surface area contributed by atoms with Crippen molar-refractivity contribution in [3.63, 3.8) is 0 Å². The minimum Gasteiger partial charge on any atom is -0.368 e. The van der Waals surface area contributed by atoms with E-state index in [1.165, 1.54) is 5.56 Å². The molecule has 2 amide bonds. The lowest BCUT2D eigenvalue weighted by Gasteiger charge is -2.29. The Labute approximate surface area is 170 Å². The number of likely N-dealkylation sites (tertiary alicyclic amines) is 2. The number of hydrogen-bond acceptors (Lipinski definition) is 5. The first kappa shape index (κ1) is 19.4. The largest absolute Gasteiger partial charge is 0.368 e. The summed E-state index contributed by atoms with van der Waals surface area (Å²) in [5.41, 5.74) is 7.97. The number of carbonyl (C=O) groups excluding carboxylic acids is 2. The van der Waals surface area contributed by atoms with Crippen LogP contribution in [0.15, 0.2) is 36.4 Å². The number of anilines is 1. The molecule has 0 unspecified atom stereocenters. The Bertz CT molecular complexity index is 912. The van der Waals surface area contributed by atoms with Crippen LogP contribution < -0.4 is 5.73 Å². The topological polar surface area (TPSA) is 92.4 Å². The van der Waals surface area contributed by atoms with Gasteiger partial charge in [0.2, 0.25) is 11.9 Å². The number of aromatic nitrogens is 2. The molecular formula is C22H27N5O2. The van der Waals surface area contributed by atoms with Gasteiger partial charge in [-0.25, -0.2) is 9.97 Å². The predicted octanol–water partition coefficient (Wildman–Crippen LogP) is 1.92. The molecule has 7 nitrogen and oxygen atoms in total. The maximum absolute atomic E-state index is 13.1. The summed E-state index contributed by atoms with van der Waals surface area (Å²) < 4.78 is 0. The Balaban J connectivity index is 1.55. The summed E-state index contributed by atoms with van der Waals surface area (Å²) in [5, 5.41) is 0. The number of hydrogen-bond donors (Lipinski definition) is 1. The lowest BCUT2D eigenvalue weighted by atomic mass is 9.76. The van der Waals surface area contributed by atoms with E-state index in [1.807, 2.05) is 28.0 Å². The Morgan fingerprint density at radius 1 is 1.14 bits per heavy atom. The molecule has 0 bridgehead atoms. The molecule has 152 valence electrons. The molecule has 2 saturated heterocycles. The molecule has 2 fully saturated rings. The van der Waals surface area contributed by atoms with Crippen LogP contribution in [0.5, 0.6) is 0 Å². The fourth-order valence-corrected chi connectivity index (χ4v) is 4.83. The SMILES string of the molecule is CC(=O)N1C[C@@H]2CN(C(=O)c3cc(C)nc(N)n3)C[C@]2(CCc2ccccc2)C1. The third kappa shape index (κ3) is 3.81. The molecule has 2 atom stereocenters. The Hall–Kier alpha value is -2.96. The van der Waals surface area contributed by atoms with Crippen LogP contribution in [-0.4, -0.2) is 57.8 Å². The highest BCUT2D eigenvalue weighted by molar-refractivity contribution is 5.93. The Morgan fingerprint density at radius 3 is 2.52 bits per heavy atom. The van der Waals surface area contributed by atoms with Gasteiger partial charge in [0.05, 0.1) is 0 Å². The number of benzene rings is 1. The van der Waals surface area contributed by atoms with Crippen LogP contribution in [-0.2, 0) is 11.2 Å². The second-order valence-corrected chi connectivity index (χ2v) is 8.38. The fourth-order valence-electron chi connectivity index (χ4n) is 4.83. The van der Waals surface area contributed by atoms with Gasteiger partial charge in [-0.3, -0.25) is 9.59 Å². The van der Waals surface area contributed by atoms with Crippen molar-refractivity contribution >= 4 is 17.8 Å². The lowest BCUT2D eigenvalue weighted by Crippen LogP contribution is -2.38. The van der Waals surface area contributed by atoms with Gasteiger partial charge in [0.1, 0.15) is 5.69 Å². The highest BCUT2D eigenvalue weighted by Crippen LogP contribution is 2.46. The lowest BCUT2D eigenvalue weighted by molar-refractivity contribution is -0.128. The van der Waals surface area contributed by atoms with Crippen molar-refractivity contribution in [2.75, 3.05) is 31.9 Å². The molecular weight excluding hydrogens is 366 g/mol. The van der Waals surface area contributed by atoms with Crippen LogP contribution in [0, 0.1) is 18.3 Å². The van der Waals surface area contributed by atoms with Crippen LogP contribution in [0.25, 0.3) is 0 Å². The van der Waals surface area contributed by atoms with E-state index in [0.717, 1.165) is 12.8 Å². The van der Waals surface area contributed by atoms with Gasteiger partial charge in [-0.2, -0.15) is 0 Å². The van der Waals surface area contributed by atoms with Crippen molar-refractivity contribution in [3.05, 3.63) is 53.3 Å². The van der Waals surface area contributed by atoms with Gasteiger partial charge in [-0.05, 0) is 31.4 Å². The van der Waals surface area contributed by atoms with Gasteiger partial charge in [-0.1, -0.05) is 30.3 Å². The van der Waals surface area contributed by atoms with Gasteiger partial charge in [-0.15, -0.1) is 0 Å². The summed E-state index contributed by atoms with van der Waals surface area (Å²) in [6, 6.07) is 12.1. The minimum absolute atomic E-state index is 0.0786. The molecule has 1 aromatic carbocycles. The standard InChI is InChI=1S/C22H27N5O2/c1-15-10-19(25-21(23)24-15)20(29)27-12-18-11-26(16(2)28)13-22(18,14-27)9-8-17-6-4-3-5-7-17/h3-7,10,18H,8-9,11-14H2,1-2H3,(H2,23,24,25)/t18-,22+/m1/s1. The average Bonchev–Trinajstić information content (AvgIpc) is 3.20. The van der Waals surface area contributed by atoms with Crippen LogP contribution in [0.3, 0.4) is 0 Å². The number of amides is 2.